The Morgan fingerprint density at radius 1 is 1.29 bits per heavy atom. The molecule has 1 heterocycles. The van der Waals surface area contributed by atoms with Crippen molar-refractivity contribution in [3.63, 3.8) is 0 Å². The summed E-state index contributed by atoms with van der Waals surface area (Å²) in [6.45, 7) is 0.782. The minimum Gasteiger partial charge on any atom is -0.405 e. The van der Waals surface area contributed by atoms with Crippen LogP contribution in [0.2, 0.25) is 0 Å². The molecule has 1 aliphatic rings. The topological polar surface area (TPSA) is 27.1 Å². The summed E-state index contributed by atoms with van der Waals surface area (Å²) < 4.78 is 43.7. The van der Waals surface area contributed by atoms with Gasteiger partial charge in [0.15, 0.2) is 0 Å². The van der Waals surface area contributed by atoms with E-state index in [-0.39, 0.29) is 5.75 Å². The number of hydrogen-bond acceptors (Lipinski definition) is 2. The van der Waals surface area contributed by atoms with Gasteiger partial charge in [-0.05, 0) is 37.0 Å². The SMILES string of the molecule is C#Cc1ccc(OC(F)(F)F)c(-c2cnn(CC3CCCC3)c2)c1. The van der Waals surface area contributed by atoms with Crippen LogP contribution in [0.4, 0.5) is 13.2 Å². The molecule has 3 rings (SSSR count). The highest BCUT2D eigenvalue weighted by Crippen LogP contribution is 2.35. The molecular weight excluding hydrogens is 317 g/mol. The normalized spacial score (nSPS) is 15.4. The zero-order valence-corrected chi connectivity index (χ0v) is 13.0. The molecule has 6 heteroatoms. The third-order valence-corrected chi connectivity index (χ3v) is 4.24. The molecule has 1 saturated carbocycles. The number of nitrogens with zero attached hydrogens (tertiary/aromatic N) is 2. The fourth-order valence-corrected chi connectivity index (χ4v) is 3.12. The molecule has 0 N–H and O–H groups in total. The number of halogens is 3. The molecule has 0 unspecified atom stereocenters. The third kappa shape index (κ3) is 3.91. The van der Waals surface area contributed by atoms with Crippen molar-refractivity contribution in [1.82, 2.24) is 9.78 Å². The molecule has 0 atom stereocenters. The third-order valence-electron chi connectivity index (χ3n) is 4.24. The van der Waals surface area contributed by atoms with E-state index in [0.717, 1.165) is 6.54 Å². The minimum absolute atomic E-state index is 0.276. The van der Waals surface area contributed by atoms with Crippen LogP contribution in [-0.2, 0) is 6.54 Å². The molecule has 0 bridgehead atoms. The molecule has 0 amide bonds. The van der Waals surface area contributed by atoms with E-state index in [9.17, 15) is 13.2 Å². The largest absolute Gasteiger partial charge is 0.573 e. The summed E-state index contributed by atoms with van der Waals surface area (Å²) in [6, 6.07) is 4.18. The first kappa shape index (κ1) is 16.4. The van der Waals surface area contributed by atoms with Gasteiger partial charge in [0, 0.05) is 29.4 Å². The lowest BCUT2D eigenvalue weighted by atomic mass is 10.0. The highest BCUT2D eigenvalue weighted by Gasteiger charge is 2.32. The van der Waals surface area contributed by atoms with Crippen molar-refractivity contribution in [1.29, 1.82) is 0 Å². The fraction of sp³-hybridized carbons (Fsp3) is 0.389. The van der Waals surface area contributed by atoms with Gasteiger partial charge in [-0.2, -0.15) is 5.10 Å². The molecule has 1 aliphatic carbocycles. The highest BCUT2D eigenvalue weighted by atomic mass is 19.4. The number of benzene rings is 1. The number of terminal acetylenes is 1. The molecule has 1 aromatic heterocycles. The van der Waals surface area contributed by atoms with Crippen molar-refractivity contribution in [2.24, 2.45) is 5.92 Å². The Morgan fingerprint density at radius 3 is 2.71 bits per heavy atom. The fourth-order valence-electron chi connectivity index (χ4n) is 3.12. The van der Waals surface area contributed by atoms with Crippen molar-refractivity contribution in [2.75, 3.05) is 0 Å². The van der Waals surface area contributed by atoms with Gasteiger partial charge in [-0.1, -0.05) is 18.8 Å². The molecule has 1 fully saturated rings. The van der Waals surface area contributed by atoms with Crippen LogP contribution in [0.25, 0.3) is 11.1 Å². The quantitative estimate of drug-likeness (QED) is 0.763. The monoisotopic (exact) mass is 334 g/mol. The van der Waals surface area contributed by atoms with Gasteiger partial charge in [-0.3, -0.25) is 4.68 Å². The second-order valence-electron chi connectivity index (χ2n) is 6.00. The van der Waals surface area contributed by atoms with Gasteiger partial charge >= 0.3 is 6.36 Å². The van der Waals surface area contributed by atoms with Crippen LogP contribution in [-0.4, -0.2) is 16.1 Å². The molecule has 0 aliphatic heterocycles. The van der Waals surface area contributed by atoms with E-state index >= 15 is 0 Å². The summed E-state index contributed by atoms with van der Waals surface area (Å²) >= 11 is 0. The van der Waals surface area contributed by atoms with E-state index in [0.29, 0.717) is 22.6 Å². The average molecular weight is 334 g/mol. The van der Waals surface area contributed by atoms with Crippen LogP contribution in [0.1, 0.15) is 31.2 Å². The molecule has 3 nitrogen and oxygen atoms in total. The maximum atomic E-state index is 12.6. The van der Waals surface area contributed by atoms with E-state index in [1.54, 1.807) is 17.1 Å². The Labute approximate surface area is 138 Å². The van der Waals surface area contributed by atoms with E-state index in [2.05, 4.69) is 15.8 Å². The first-order valence-corrected chi connectivity index (χ1v) is 7.84. The smallest absolute Gasteiger partial charge is 0.405 e. The van der Waals surface area contributed by atoms with Gasteiger partial charge in [-0.15, -0.1) is 19.6 Å². The molecule has 0 spiro atoms. The summed E-state index contributed by atoms with van der Waals surface area (Å²) in [5.41, 5.74) is 1.34. The maximum absolute atomic E-state index is 12.6. The number of ether oxygens (including phenoxy) is 1. The Bertz CT molecular complexity index is 752. The summed E-state index contributed by atoms with van der Waals surface area (Å²) in [6.07, 6.45) is 8.69. The van der Waals surface area contributed by atoms with E-state index in [1.807, 2.05) is 0 Å². The zero-order chi connectivity index (χ0) is 17.2. The number of rotatable bonds is 4. The Hall–Kier alpha value is -2.42. The first-order valence-electron chi connectivity index (χ1n) is 7.84. The van der Waals surface area contributed by atoms with E-state index in [1.165, 1.54) is 43.9 Å². The Morgan fingerprint density at radius 2 is 2.04 bits per heavy atom. The molecule has 2 aromatic rings. The van der Waals surface area contributed by atoms with Crippen LogP contribution in [0, 0.1) is 18.3 Å². The molecular formula is C18H17F3N2O. The lowest BCUT2D eigenvalue weighted by molar-refractivity contribution is -0.274. The zero-order valence-electron chi connectivity index (χ0n) is 13.0. The summed E-state index contributed by atoms with van der Waals surface area (Å²) in [4.78, 5) is 0. The van der Waals surface area contributed by atoms with Gasteiger partial charge in [-0.25, -0.2) is 0 Å². The predicted octanol–water partition coefficient (Wildman–Crippen LogP) is 4.62. The molecule has 24 heavy (non-hydrogen) atoms. The Balaban J connectivity index is 1.89. The van der Waals surface area contributed by atoms with Crippen molar-refractivity contribution in [2.45, 2.75) is 38.6 Å². The van der Waals surface area contributed by atoms with E-state index in [4.69, 9.17) is 6.42 Å². The second kappa shape index (κ2) is 6.60. The molecule has 126 valence electrons. The van der Waals surface area contributed by atoms with Crippen molar-refractivity contribution in [3.8, 4) is 29.2 Å². The number of hydrogen-bond donors (Lipinski definition) is 0. The molecule has 1 aromatic carbocycles. The molecule has 0 saturated heterocycles. The Kier molecular flexibility index (Phi) is 4.52. The second-order valence-corrected chi connectivity index (χ2v) is 6.00. The van der Waals surface area contributed by atoms with E-state index < -0.39 is 6.36 Å². The summed E-state index contributed by atoms with van der Waals surface area (Å²) in [5, 5.41) is 4.28. The lowest BCUT2D eigenvalue weighted by Crippen LogP contribution is -2.17. The minimum atomic E-state index is -4.76. The van der Waals surface area contributed by atoms with Crippen LogP contribution < -0.4 is 4.74 Å². The summed E-state index contributed by atoms with van der Waals surface area (Å²) in [5.74, 6) is 2.74. The van der Waals surface area contributed by atoms with Crippen LogP contribution in [0.3, 0.4) is 0 Å². The van der Waals surface area contributed by atoms with Gasteiger partial charge in [0.1, 0.15) is 5.75 Å². The number of aromatic nitrogens is 2. The highest BCUT2D eigenvalue weighted by molar-refractivity contribution is 5.71. The van der Waals surface area contributed by atoms with Crippen molar-refractivity contribution in [3.05, 3.63) is 36.2 Å². The maximum Gasteiger partial charge on any atom is 0.573 e. The van der Waals surface area contributed by atoms with Gasteiger partial charge in [0.2, 0.25) is 0 Å². The van der Waals surface area contributed by atoms with Gasteiger partial charge in [0.25, 0.3) is 0 Å². The first-order chi connectivity index (χ1) is 11.4. The standard InChI is InChI=1S/C18H17F3N2O/c1-2-13-7-8-17(24-18(19,20)21)16(9-13)15-10-22-23(12-15)11-14-5-3-4-6-14/h1,7-10,12,14H,3-6,11H2. The van der Waals surface area contributed by atoms with Crippen LogP contribution in [0.15, 0.2) is 30.6 Å². The van der Waals surface area contributed by atoms with Gasteiger partial charge < -0.3 is 4.74 Å². The average Bonchev–Trinajstić information content (AvgIpc) is 3.18. The van der Waals surface area contributed by atoms with Crippen molar-refractivity contribution >= 4 is 0 Å². The van der Waals surface area contributed by atoms with Gasteiger partial charge in [0.05, 0.1) is 6.20 Å². The number of alkyl halides is 3. The van der Waals surface area contributed by atoms with Crippen molar-refractivity contribution < 1.29 is 17.9 Å². The van der Waals surface area contributed by atoms with Crippen LogP contribution in [0.5, 0.6) is 5.75 Å². The van der Waals surface area contributed by atoms with Crippen LogP contribution >= 0.6 is 0 Å². The predicted molar refractivity (Wildman–Crippen MR) is 84.2 cm³/mol. The summed E-state index contributed by atoms with van der Waals surface area (Å²) in [7, 11) is 0. The molecule has 0 radical (unpaired) electrons. The lowest BCUT2D eigenvalue weighted by Gasteiger charge is -2.13.